The summed E-state index contributed by atoms with van der Waals surface area (Å²) in [7, 11) is 0. The maximum Gasteiger partial charge on any atom is 0.251 e. The average Bonchev–Trinajstić information content (AvgIpc) is 3.22. The summed E-state index contributed by atoms with van der Waals surface area (Å²) in [5.74, 6) is -0.186. The molecule has 1 amide bonds. The molecule has 2 heterocycles. The number of carbonyl (C=O) groups excluding carboxylic acids is 1. The van der Waals surface area contributed by atoms with Gasteiger partial charge in [0.05, 0.1) is 17.9 Å². The van der Waals surface area contributed by atoms with E-state index in [-0.39, 0.29) is 23.8 Å². The lowest BCUT2D eigenvalue weighted by Gasteiger charge is -2.10. The first-order valence-corrected chi connectivity index (χ1v) is 9.12. The number of carbonyl (C=O) groups is 1. The van der Waals surface area contributed by atoms with Crippen LogP contribution in [-0.4, -0.2) is 21.2 Å². The molecule has 26 heavy (non-hydrogen) atoms. The Bertz CT molecular complexity index is 969. The second kappa shape index (κ2) is 6.92. The molecule has 0 atom stereocenters. The summed E-state index contributed by atoms with van der Waals surface area (Å²) in [5.41, 5.74) is 2.65. The van der Waals surface area contributed by atoms with Crippen LogP contribution in [-0.2, 0) is 13.1 Å². The number of aromatic nitrogens is 2. The van der Waals surface area contributed by atoms with Gasteiger partial charge < -0.3 is 9.88 Å². The zero-order chi connectivity index (χ0) is 18.1. The molecule has 0 radical (unpaired) electrons. The van der Waals surface area contributed by atoms with Gasteiger partial charge in [-0.25, -0.2) is 13.8 Å². The highest BCUT2D eigenvalue weighted by Crippen LogP contribution is 2.33. The summed E-state index contributed by atoms with van der Waals surface area (Å²) in [6.07, 6.45) is 0. The van der Waals surface area contributed by atoms with E-state index in [9.17, 15) is 13.6 Å². The van der Waals surface area contributed by atoms with Gasteiger partial charge in [0, 0.05) is 23.4 Å². The van der Waals surface area contributed by atoms with Crippen molar-refractivity contribution in [3.8, 4) is 11.3 Å². The minimum Gasteiger partial charge on any atom is -0.346 e. The second-order valence-electron chi connectivity index (χ2n) is 5.89. The first-order chi connectivity index (χ1) is 12.6. The Balaban J connectivity index is 1.61. The van der Waals surface area contributed by atoms with Crippen LogP contribution in [0.1, 0.15) is 16.1 Å². The molecule has 2 aromatic carbocycles. The van der Waals surface area contributed by atoms with E-state index in [4.69, 9.17) is 0 Å². The van der Waals surface area contributed by atoms with Crippen LogP contribution in [0.4, 0.5) is 8.78 Å². The molecule has 0 aliphatic carbocycles. The van der Waals surface area contributed by atoms with Gasteiger partial charge in [0.1, 0.15) is 11.6 Å². The van der Waals surface area contributed by atoms with Gasteiger partial charge in [0.15, 0.2) is 5.16 Å². The van der Waals surface area contributed by atoms with Gasteiger partial charge >= 0.3 is 0 Å². The van der Waals surface area contributed by atoms with E-state index in [0.29, 0.717) is 0 Å². The fraction of sp³-hybridized carbons (Fsp3) is 0.158. The van der Waals surface area contributed by atoms with Crippen LogP contribution in [0.15, 0.2) is 53.7 Å². The monoisotopic (exact) mass is 371 g/mol. The van der Waals surface area contributed by atoms with E-state index in [2.05, 4.69) is 14.9 Å². The lowest BCUT2D eigenvalue weighted by molar-refractivity contribution is 0.0949. The van der Waals surface area contributed by atoms with Gasteiger partial charge in [-0.1, -0.05) is 17.8 Å². The molecule has 7 heteroatoms. The van der Waals surface area contributed by atoms with Gasteiger partial charge in [0.25, 0.3) is 5.91 Å². The number of benzene rings is 2. The van der Waals surface area contributed by atoms with Crippen molar-refractivity contribution in [2.24, 2.45) is 0 Å². The van der Waals surface area contributed by atoms with Crippen molar-refractivity contribution in [1.82, 2.24) is 14.9 Å². The van der Waals surface area contributed by atoms with Crippen molar-refractivity contribution >= 4 is 17.7 Å². The Morgan fingerprint density at radius 1 is 1.15 bits per heavy atom. The molecule has 0 bridgehead atoms. The van der Waals surface area contributed by atoms with Crippen LogP contribution >= 0.6 is 11.8 Å². The van der Waals surface area contributed by atoms with Gasteiger partial charge in [-0.05, 0) is 42.5 Å². The Morgan fingerprint density at radius 3 is 2.73 bits per heavy atom. The fourth-order valence-corrected chi connectivity index (χ4v) is 3.92. The Kier molecular flexibility index (Phi) is 4.46. The molecule has 0 spiro atoms. The standard InChI is InChI=1S/C19H15F2N3OS/c20-14-6-4-12(5-7-14)17-16(24-8-9-26-19(24)23-17)11-22-18(25)13-2-1-3-15(21)10-13/h1-7,10H,8-9,11H2,(H,22,25). The van der Waals surface area contributed by atoms with E-state index >= 15 is 0 Å². The zero-order valence-corrected chi connectivity index (χ0v) is 14.5. The molecule has 0 fully saturated rings. The number of hydrogen-bond donors (Lipinski definition) is 1. The molecular weight excluding hydrogens is 356 g/mol. The van der Waals surface area contributed by atoms with Gasteiger partial charge in [0.2, 0.25) is 0 Å². The van der Waals surface area contributed by atoms with Gasteiger partial charge in [-0.3, -0.25) is 4.79 Å². The van der Waals surface area contributed by atoms with Crippen molar-refractivity contribution in [2.45, 2.75) is 18.2 Å². The van der Waals surface area contributed by atoms with Crippen molar-refractivity contribution in [1.29, 1.82) is 0 Å². The smallest absolute Gasteiger partial charge is 0.251 e. The molecule has 4 nitrogen and oxygen atoms in total. The summed E-state index contributed by atoms with van der Waals surface area (Å²) < 4.78 is 28.6. The topological polar surface area (TPSA) is 46.9 Å². The third-order valence-electron chi connectivity index (χ3n) is 4.20. The van der Waals surface area contributed by atoms with E-state index in [1.807, 2.05) is 0 Å². The third-order valence-corrected chi connectivity index (χ3v) is 5.16. The summed E-state index contributed by atoms with van der Waals surface area (Å²) in [4.78, 5) is 17.0. The Morgan fingerprint density at radius 2 is 1.96 bits per heavy atom. The van der Waals surface area contributed by atoms with Crippen LogP contribution in [0.2, 0.25) is 0 Å². The summed E-state index contributed by atoms with van der Waals surface area (Å²) in [6, 6.07) is 11.7. The van der Waals surface area contributed by atoms with Crippen LogP contribution in [0, 0.1) is 11.6 Å². The molecule has 1 aliphatic rings. The Labute approximate surface area is 153 Å². The lowest BCUT2D eigenvalue weighted by atomic mass is 10.1. The predicted octanol–water partition coefficient (Wildman–Crippen LogP) is 3.86. The largest absolute Gasteiger partial charge is 0.346 e. The quantitative estimate of drug-likeness (QED) is 0.757. The number of nitrogens with one attached hydrogen (secondary N) is 1. The molecule has 4 rings (SSSR count). The number of halogens is 2. The highest BCUT2D eigenvalue weighted by atomic mass is 32.2. The number of rotatable bonds is 4. The number of hydrogen-bond acceptors (Lipinski definition) is 3. The van der Waals surface area contributed by atoms with Crippen LogP contribution < -0.4 is 5.32 Å². The third kappa shape index (κ3) is 3.22. The number of amides is 1. The van der Waals surface area contributed by atoms with E-state index in [1.165, 1.54) is 30.3 Å². The first kappa shape index (κ1) is 16.8. The van der Waals surface area contributed by atoms with Crippen molar-refractivity contribution in [3.63, 3.8) is 0 Å². The molecule has 1 aromatic heterocycles. The SMILES string of the molecule is O=C(NCc1c(-c2ccc(F)cc2)nc2n1CCS2)c1cccc(F)c1. The highest BCUT2D eigenvalue weighted by molar-refractivity contribution is 7.99. The van der Waals surface area contributed by atoms with Gasteiger partial charge in [-0.2, -0.15) is 0 Å². The van der Waals surface area contributed by atoms with E-state index < -0.39 is 5.82 Å². The average molecular weight is 371 g/mol. The zero-order valence-electron chi connectivity index (χ0n) is 13.7. The van der Waals surface area contributed by atoms with Crippen molar-refractivity contribution < 1.29 is 13.6 Å². The van der Waals surface area contributed by atoms with Crippen LogP contribution in [0.3, 0.4) is 0 Å². The number of thioether (sulfide) groups is 1. The second-order valence-corrected chi connectivity index (χ2v) is 6.95. The molecule has 0 saturated heterocycles. The van der Waals surface area contributed by atoms with Crippen molar-refractivity contribution in [2.75, 3.05) is 5.75 Å². The molecule has 0 saturated carbocycles. The molecule has 0 unspecified atom stereocenters. The molecule has 3 aromatic rings. The number of imidazole rings is 1. The predicted molar refractivity (Wildman–Crippen MR) is 95.9 cm³/mol. The highest BCUT2D eigenvalue weighted by Gasteiger charge is 2.23. The molecule has 1 aliphatic heterocycles. The molecular formula is C19H15F2N3OS. The minimum absolute atomic E-state index is 0.260. The lowest BCUT2D eigenvalue weighted by Crippen LogP contribution is -2.24. The normalized spacial score (nSPS) is 12.8. The summed E-state index contributed by atoms with van der Waals surface area (Å²) in [5, 5.41) is 3.72. The maximum atomic E-state index is 13.3. The van der Waals surface area contributed by atoms with E-state index in [1.54, 1.807) is 30.0 Å². The number of nitrogens with zero attached hydrogens (tertiary/aromatic N) is 2. The fourth-order valence-electron chi connectivity index (χ4n) is 2.95. The van der Waals surface area contributed by atoms with E-state index in [0.717, 1.165) is 34.4 Å². The molecule has 1 N–H and O–H groups in total. The van der Waals surface area contributed by atoms with Crippen LogP contribution in [0.5, 0.6) is 0 Å². The van der Waals surface area contributed by atoms with Crippen molar-refractivity contribution in [3.05, 3.63) is 71.4 Å². The maximum absolute atomic E-state index is 13.3. The van der Waals surface area contributed by atoms with Crippen LogP contribution in [0.25, 0.3) is 11.3 Å². The number of fused-ring (bicyclic) bond motifs is 1. The Hall–Kier alpha value is -2.67. The summed E-state index contributed by atoms with van der Waals surface area (Å²) >= 11 is 1.65. The molecule has 132 valence electrons. The minimum atomic E-state index is -0.453. The first-order valence-electron chi connectivity index (χ1n) is 8.14. The summed E-state index contributed by atoms with van der Waals surface area (Å²) in [6.45, 7) is 1.06. The van der Waals surface area contributed by atoms with Gasteiger partial charge in [-0.15, -0.1) is 0 Å².